The topological polar surface area (TPSA) is 87.6 Å². The average Bonchev–Trinajstić information content (AvgIpc) is 2.89. The van der Waals surface area contributed by atoms with E-state index in [1.807, 2.05) is 19.1 Å². The summed E-state index contributed by atoms with van der Waals surface area (Å²) in [5.41, 5.74) is 10.5. The molecule has 5 heteroatoms. The number of aromatic nitrogens is 3. The van der Waals surface area contributed by atoms with E-state index in [4.69, 9.17) is 5.73 Å². The van der Waals surface area contributed by atoms with Gasteiger partial charge in [0.15, 0.2) is 0 Å². The van der Waals surface area contributed by atoms with Crippen molar-refractivity contribution in [3.63, 3.8) is 0 Å². The Kier molecular flexibility index (Phi) is 2.19. The Morgan fingerprint density at radius 3 is 2.83 bits per heavy atom. The summed E-state index contributed by atoms with van der Waals surface area (Å²) >= 11 is 0. The van der Waals surface area contributed by atoms with Crippen molar-refractivity contribution in [1.29, 1.82) is 0 Å². The number of nitrogens with two attached hydrogens (primary N) is 1. The molecule has 0 saturated carbocycles. The van der Waals surface area contributed by atoms with E-state index in [1.165, 1.54) is 0 Å². The van der Waals surface area contributed by atoms with Crippen LogP contribution in [-0.2, 0) is 0 Å². The highest BCUT2D eigenvalue weighted by Crippen LogP contribution is 2.33. The van der Waals surface area contributed by atoms with Gasteiger partial charge in [0, 0.05) is 22.9 Å². The number of H-pyrrole nitrogens is 2. The van der Waals surface area contributed by atoms with E-state index in [9.17, 15) is 4.79 Å². The third kappa shape index (κ3) is 1.48. The maximum Gasteiger partial charge on any atom is 0.249 e. The lowest BCUT2D eigenvalue weighted by molar-refractivity contribution is 0.100. The minimum absolute atomic E-state index is 0.438. The second kappa shape index (κ2) is 3.73. The Balaban J connectivity index is 2.26. The van der Waals surface area contributed by atoms with Crippen molar-refractivity contribution in [1.82, 2.24) is 15.2 Å². The molecule has 0 saturated heterocycles. The zero-order valence-corrected chi connectivity index (χ0v) is 9.82. The number of aromatic amines is 2. The lowest BCUT2D eigenvalue weighted by atomic mass is 9.98. The summed E-state index contributed by atoms with van der Waals surface area (Å²) < 4.78 is 0. The molecule has 0 aliphatic carbocycles. The molecule has 0 radical (unpaired) electrons. The number of nitrogens with one attached hydrogen (secondary N) is 2. The monoisotopic (exact) mass is 240 g/mol. The van der Waals surface area contributed by atoms with Gasteiger partial charge in [0.25, 0.3) is 0 Å². The lowest BCUT2D eigenvalue weighted by Crippen LogP contribution is -2.12. The SMILES string of the molecule is Cc1ccc(C(N)=O)c(-c2[nH][nH]c3cncc2-3)c1. The van der Waals surface area contributed by atoms with E-state index >= 15 is 0 Å². The molecule has 90 valence electrons. The minimum atomic E-state index is -0.438. The van der Waals surface area contributed by atoms with Gasteiger partial charge in [0.05, 0.1) is 17.6 Å². The molecule has 18 heavy (non-hydrogen) atoms. The molecule has 4 N–H and O–H groups in total. The molecule has 0 bridgehead atoms. The van der Waals surface area contributed by atoms with E-state index in [0.717, 1.165) is 28.1 Å². The smallest absolute Gasteiger partial charge is 0.249 e. The van der Waals surface area contributed by atoms with Gasteiger partial charge in [-0.15, -0.1) is 0 Å². The Labute approximate surface area is 103 Å². The Morgan fingerprint density at radius 2 is 2.06 bits per heavy atom. The molecule has 0 aromatic heterocycles. The van der Waals surface area contributed by atoms with E-state index in [0.29, 0.717) is 5.56 Å². The first-order valence-corrected chi connectivity index (χ1v) is 5.57. The number of aryl methyl sites for hydroxylation is 1. The number of carbonyl (C=O) groups is 1. The van der Waals surface area contributed by atoms with Crippen LogP contribution in [0.15, 0.2) is 30.6 Å². The second-order valence-electron chi connectivity index (χ2n) is 4.27. The van der Waals surface area contributed by atoms with Gasteiger partial charge < -0.3 is 5.73 Å². The summed E-state index contributed by atoms with van der Waals surface area (Å²) in [5, 5.41) is 6.07. The molecule has 0 fully saturated rings. The fourth-order valence-electron chi connectivity index (χ4n) is 2.11. The zero-order valence-electron chi connectivity index (χ0n) is 9.82. The van der Waals surface area contributed by atoms with Crippen LogP contribution in [-0.4, -0.2) is 21.1 Å². The summed E-state index contributed by atoms with van der Waals surface area (Å²) in [5.74, 6) is -0.438. The van der Waals surface area contributed by atoms with Crippen LogP contribution in [0.5, 0.6) is 0 Å². The number of rotatable bonds is 2. The van der Waals surface area contributed by atoms with Crippen molar-refractivity contribution in [2.75, 3.05) is 0 Å². The van der Waals surface area contributed by atoms with Crippen molar-refractivity contribution >= 4 is 5.91 Å². The van der Waals surface area contributed by atoms with Gasteiger partial charge in [0.2, 0.25) is 5.91 Å². The van der Waals surface area contributed by atoms with Crippen LogP contribution < -0.4 is 5.73 Å². The average molecular weight is 240 g/mol. The predicted octanol–water partition coefficient (Wildman–Crippen LogP) is 1.92. The van der Waals surface area contributed by atoms with Crippen LogP contribution in [0, 0.1) is 6.92 Å². The van der Waals surface area contributed by atoms with E-state index in [2.05, 4.69) is 15.2 Å². The van der Waals surface area contributed by atoms with E-state index in [1.54, 1.807) is 18.5 Å². The van der Waals surface area contributed by atoms with Crippen LogP contribution in [0.2, 0.25) is 0 Å². The normalized spacial score (nSPS) is 10.9. The number of hydrogen-bond donors (Lipinski definition) is 3. The Morgan fingerprint density at radius 1 is 1.22 bits per heavy atom. The number of benzene rings is 1. The quantitative estimate of drug-likeness (QED) is 0.639. The van der Waals surface area contributed by atoms with Gasteiger partial charge in [-0.2, -0.15) is 0 Å². The lowest BCUT2D eigenvalue weighted by Gasteiger charge is -2.06. The zero-order chi connectivity index (χ0) is 12.7. The number of nitrogens with zero attached hydrogens (tertiary/aromatic N) is 1. The predicted molar refractivity (Wildman–Crippen MR) is 68.3 cm³/mol. The van der Waals surface area contributed by atoms with Crippen molar-refractivity contribution in [3.8, 4) is 22.5 Å². The molecule has 1 aromatic rings. The fourth-order valence-corrected chi connectivity index (χ4v) is 2.11. The van der Waals surface area contributed by atoms with Crippen LogP contribution in [0.3, 0.4) is 0 Å². The second-order valence-corrected chi connectivity index (χ2v) is 4.27. The molecule has 2 aliphatic rings. The summed E-state index contributed by atoms with van der Waals surface area (Å²) in [4.78, 5) is 15.6. The number of carbonyl (C=O) groups excluding carboxylic acids is 1. The third-order valence-electron chi connectivity index (χ3n) is 3.00. The molecule has 2 heterocycles. The Hall–Kier alpha value is -2.56. The molecular weight excluding hydrogens is 228 g/mol. The van der Waals surface area contributed by atoms with Crippen LogP contribution in [0.25, 0.3) is 22.5 Å². The summed E-state index contributed by atoms with van der Waals surface area (Å²) in [7, 11) is 0. The van der Waals surface area contributed by atoms with Gasteiger partial charge in [-0.05, 0) is 19.1 Å². The van der Waals surface area contributed by atoms with Crippen molar-refractivity contribution in [3.05, 3.63) is 41.7 Å². The molecule has 0 unspecified atom stereocenters. The van der Waals surface area contributed by atoms with Gasteiger partial charge in [-0.3, -0.25) is 20.0 Å². The van der Waals surface area contributed by atoms with Gasteiger partial charge in [-0.25, -0.2) is 0 Å². The molecule has 0 spiro atoms. The fraction of sp³-hybridized carbons (Fsp3) is 0.0769. The van der Waals surface area contributed by atoms with Crippen molar-refractivity contribution in [2.24, 2.45) is 5.73 Å². The maximum absolute atomic E-state index is 11.5. The first kappa shape index (κ1) is 10.6. The summed E-state index contributed by atoms with van der Waals surface area (Å²) in [6, 6.07) is 5.55. The number of fused-ring (bicyclic) bond motifs is 1. The van der Waals surface area contributed by atoms with Crippen LogP contribution in [0.4, 0.5) is 0 Å². The molecule has 5 nitrogen and oxygen atoms in total. The van der Waals surface area contributed by atoms with Gasteiger partial charge in [-0.1, -0.05) is 11.6 Å². The Bertz CT molecular complexity index is 695. The summed E-state index contributed by atoms with van der Waals surface area (Å²) in [6.45, 7) is 1.97. The minimum Gasteiger partial charge on any atom is -0.366 e. The summed E-state index contributed by atoms with van der Waals surface area (Å²) in [6.07, 6.45) is 3.49. The molecule has 0 atom stereocenters. The van der Waals surface area contributed by atoms with Gasteiger partial charge >= 0.3 is 0 Å². The molecule has 1 aromatic carbocycles. The van der Waals surface area contributed by atoms with Gasteiger partial charge in [0.1, 0.15) is 0 Å². The highest BCUT2D eigenvalue weighted by Gasteiger charge is 2.18. The standard InChI is InChI=1S/C13H12N4O/c1-7-2-3-8(13(14)18)9(4-7)12-10-5-15-6-11(10)16-17-12/h2-6,16-17H,1H3,(H2,14,18). The van der Waals surface area contributed by atoms with Crippen molar-refractivity contribution < 1.29 is 4.79 Å². The van der Waals surface area contributed by atoms with Crippen LogP contribution >= 0.6 is 0 Å². The molecule has 2 aliphatic heterocycles. The third-order valence-corrected chi connectivity index (χ3v) is 3.00. The molecule has 1 amide bonds. The largest absolute Gasteiger partial charge is 0.366 e. The molecular formula is C13H12N4O. The van der Waals surface area contributed by atoms with E-state index < -0.39 is 5.91 Å². The number of amides is 1. The molecule has 3 rings (SSSR count). The number of hydrogen-bond acceptors (Lipinski definition) is 2. The highest BCUT2D eigenvalue weighted by molar-refractivity contribution is 6.01. The first-order chi connectivity index (χ1) is 8.66. The maximum atomic E-state index is 11.5. The van der Waals surface area contributed by atoms with Crippen molar-refractivity contribution in [2.45, 2.75) is 6.92 Å². The first-order valence-electron chi connectivity index (χ1n) is 5.57. The number of primary amides is 1. The highest BCUT2D eigenvalue weighted by atomic mass is 16.1. The van der Waals surface area contributed by atoms with E-state index in [-0.39, 0.29) is 0 Å². The van der Waals surface area contributed by atoms with Crippen LogP contribution in [0.1, 0.15) is 15.9 Å².